The molecule has 0 saturated heterocycles. The summed E-state index contributed by atoms with van der Waals surface area (Å²) in [5, 5.41) is 2.15. The summed E-state index contributed by atoms with van der Waals surface area (Å²) >= 11 is 0. The van der Waals surface area contributed by atoms with Crippen molar-refractivity contribution in [1.29, 1.82) is 0 Å². The van der Waals surface area contributed by atoms with Crippen molar-refractivity contribution in [3.8, 4) is 0 Å². The van der Waals surface area contributed by atoms with Crippen molar-refractivity contribution in [2.24, 2.45) is 5.92 Å². The van der Waals surface area contributed by atoms with Crippen LogP contribution >= 0.6 is 0 Å². The Labute approximate surface area is 93.6 Å². The molecule has 5 heteroatoms. The van der Waals surface area contributed by atoms with Gasteiger partial charge in [0.25, 0.3) is 0 Å². The molecule has 1 rings (SSSR count). The second kappa shape index (κ2) is 4.63. The number of unbranched alkanes of at least 4 members (excludes halogenated alkanes) is 1. The Morgan fingerprint density at radius 2 is 2.00 bits per heavy atom. The Morgan fingerprint density at radius 3 is 2.38 bits per heavy atom. The molecule has 0 aliphatic heterocycles. The van der Waals surface area contributed by atoms with Gasteiger partial charge in [-0.05, 0) is 19.3 Å². The number of hydrogen-bond acceptors (Lipinski definition) is 1. The highest BCUT2D eigenvalue weighted by molar-refractivity contribution is 5.79. The molecule has 1 N–H and O–H groups in total. The van der Waals surface area contributed by atoms with Crippen molar-refractivity contribution < 1.29 is 18.0 Å². The van der Waals surface area contributed by atoms with Gasteiger partial charge in [-0.2, -0.15) is 13.2 Å². The van der Waals surface area contributed by atoms with Crippen LogP contribution in [0.1, 0.15) is 46.0 Å². The summed E-state index contributed by atoms with van der Waals surface area (Å²) in [6.45, 7) is 3.67. The van der Waals surface area contributed by atoms with Gasteiger partial charge in [0.15, 0.2) is 0 Å². The lowest BCUT2D eigenvalue weighted by Crippen LogP contribution is -2.49. The summed E-state index contributed by atoms with van der Waals surface area (Å²) in [4.78, 5) is 11.5. The van der Waals surface area contributed by atoms with E-state index in [-0.39, 0.29) is 18.8 Å². The van der Waals surface area contributed by atoms with Crippen LogP contribution < -0.4 is 5.32 Å². The Balaban J connectivity index is 2.46. The first-order valence-electron chi connectivity index (χ1n) is 5.71. The summed E-state index contributed by atoms with van der Waals surface area (Å²) in [6, 6.07) is 0. The number of alkyl halides is 3. The average molecular weight is 237 g/mol. The minimum atomic E-state index is -4.31. The molecule has 0 aromatic rings. The predicted octanol–water partition coefficient (Wildman–Crippen LogP) is 3.02. The first-order valence-corrected chi connectivity index (χ1v) is 5.71. The number of amides is 1. The normalized spacial score (nSPS) is 20.3. The maximum Gasteiger partial charge on any atom is 0.411 e. The number of nitrogens with one attached hydrogen (secondary N) is 1. The molecular formula is C11H18F3NO. The summed E-state index contributed by atoms with van der Waals surface area (Å²) < 4.78 is 37.7. The van der Waals surface area contributed by atoms with E-state index < -0.39 is 17.6 Å². The molecular weight excluding hydrogens is 219 g/mol. The van der Waals surface area contributed by atoms with E-state index in [2.05, 4.69) is 5.32 Å². The van der Waals surface area contributed by atoms with Crippen molar-refractivity contribution in [1.82, 2.24) is 5.32 Å². The van der Waals surface area contributed by atoms with Gasteiger partial charge >= 0.3 is 6.18 Å². The standard InChI is InChI=1S/C11H18F3NO/c1-3-4-5-8(2)9(16)15-10(6-7-10)11(12,13)14/h8H,3-7H2,1-2H3,(H,15,16). The molecule has 1 fully saturated rings. The van der Waals surface area contributed by atoms with Gasteiger partial charge in [0.2, 0.25) is 5.91 Å². The summed E-state index contributed by atoms with van der Waals surface area (Å²) in [7, 11) is 0. The monoisotopic (exact) mass is 237 g/mol. The minimum absolute atomic E-state index is 0.0166. The Morgan fingerprint density at radius 1 is 1.44 bits per heavy atom. The van der Waals surface area contributed by atoms with E-state index in [1.807, 2.05) is 6.92 Å². The molecule has 1 saturated carbocycles. The van der Waals surface area contributed by atoms with E-state index in [0.29, 0.717) is 6.42 Å². The number of carbonyl (C=O) groups is 1. The first kappa shape index (κ1) is 13.3. The second-order valence-corrected chi connectivity index (χ2v) is 4.61. The van der Waals surface area contributed by atoms with E-state index >= 15 is 0 Å². The first-order chi connectivity index (χ1) is 7.32. The third-order valence-corrected chi connectivity index (χ3v) is 3.09. The van der Waals surface area contributed by atoms with Gasteiger partial charge in [0.1, 0.15) is 5.54 Å². The maximum absolute atomic E-state index is 12.6. The van der Waals surface area contributed by atoms with E-state index in [0.717, 1.165) is 12.8 Å². The highest BCUT2D eigenvalue weighted by Gasteiger charge is 2.64. The molecule has 1 atom stereocenters. The van der Waals surface area contributed by atoms with Crippen molar-refractivity contribution in [2.75, 3.05) is 0 Å². The molecule has 0 radical (unpaired) electrons. The molecule has 94 valence electrons. The Bertz CT molecular complexity index is 258. The van der Waals surface area contributed by atoms with Crippen molar-refractivity contribution in [3.63, 3.8) is 0 Å². The SMILES string of the molecule is CCCCC(C)C(=O)NC1(C(F)(F)F)CC1. The number of halogens is 3. The number of rotatable bonds is 5. The zero-order valence-corrected chi connectivity index (χ0v) is 9.66. The predicted molar refractivity (Wildman–Crippen MR) is 54.9 cm³/mol. The van der Waals surface area contributed by atoms with Crippen LogP contribution in [0.15, 0.2) is 0 Å². The van der Waals surface area contributed by atoms with Crippen LogP contribution in [-0.4, -0.2) is 17.6 Å². The van der Waals surface area contributed by atoms with Gasteiger partial charge in [-0.1, -0.05) is 26.7 Å². The smallest absolute Gasteiger partial charge is 0.342 e. The molecule has 0 heterocycles. The lowest BCUT2D eigenvalue weighted by Gasteiger charge is -2.22. The van der Waals surface area contributed by atoms with Crippen LogP contribution in [0.25, 0.3) is 0 Å². The fourth-order valence-corrected chi connectivity index (χ4v) is 1.60. The van der Waals surface area contributed by atoms with Gasteiger partial charge < -0.3 is 5.32 Å². The maximum atomic E-state index is 12.6. The molecule has 0 aromatic heterocycles. The van der Waals surface area contributed by atoms with E-state index in [1.54, 1.807) is 6.92 Å². The second-order valence-electron chi connectivity index (χ2n) is 4.61. The van der Waals surface area contributed by atoms with Crippen molar-refractivity contribution in [2.45, 2.75) is 57.7 Å². The third-order valence-electron chi connectivity index (χ3n) is 3.09. The van der Waals surface area contributed by atoms with Gasteiger partial charge in [-0.15, -0.1) is 0 Å². The molecule has 1 aliphatic rings. The fourth-order valence-electron chi connectivity index (χ4n) is 1.60. The average Bonchev–Trinajstić information content (AvgIpc) is 2.94. The van der Waals surface area contributed by atoms with Gasteiger partial charge in [0.05, 0.1) is 0 Å². The summed E-state index contributed by atoms with van der Waals surface area (Å²) in [5.74, 6) is -0.803. The van der Waals surface area contributed by atoms with Crippen molar-refractivity contribution >= 4 is 5.91 Å². The molecule has 0 aromatic carbocycles. The minimum Gasteiger partial charge on any atom is -0.342 e. The zero-order chi connectivity index (χ0) is 12.4. The Hall–Kier alpha value is -0.740. The molecule has 1 unspecified atom stereocenters. The van der Waals surface area contributed by atoms with Gasteiger partial charge in [0, 0.05) is 5.92 Å². The largest absolute Gasteiger partial charge is 0.411 e. The lowest BCUT2D eigenvalue weighted by atomic mass is 10.0. The van der Waals surface area contributed by atoms with E-state index in [1.165, 1.54) is 0 Å². The van der Waals surface area contributed by atoms with Crippen LogP contribution in [0.4, 0.5) is 13.2 Å². The highest BCUT2D eigenvalue weighted by Crippen LogP contribution is 2.49. The van der Waals surface area contributed by atoms with Crippen LogP contribution in [0.5, 0.6) is 0 Å². The number of hydrogen-bond donors (Lipinski definition) is 1. The molecule has 1 aliphatic carbocycles. The highest BCUT2D eigenvalue weighted by atomic mass is 19.4. The van der Waals surface area contributed by atoms with Crippen LogP contribution in [-0.2, 0) is 4.79 Å². The van der Waals surface area contributed by atoms with Crippen LogP contribution in [0.2, 0.25) is 0 Å². The molecule has 0 spiro atoms. The van der Waals surface area contributed by atoms with E-state index in [4.69, 9.17) is 0 Å². The van der Waals surface area contributed by atoms with Gasteiger partial charge in [-0.3, -0.25) is 4.79 Å². The molecule has 2 nitrogen and oxygen atoms in total. The van der Waals surface area contributed by atoms with Crippen molar-refractivity contribution in [3.05, 3.63) is 0 Å². The van der Waals surface area contributed by atoms with Crippen LogP contribution in [0.3, 0.4) is 0 Å². The van der Waals surface area contributed by atoms with E-state index in [9.17, 15) is 18.0 Å². The fraction of sp³-hybridized carbons (Fsp3) is 0.909. The quantitative estimate of drug-likeness (QED) is 0.782. The number of carbonyl (C=O) groups excluding carboxylic acids is 1. The molecule has 0 bridgehead atoms. The van der Waals surface area contributed by atoms with Crippen LogP contribution in [0, 0.1) is 5.92 Å². The molecule has 1 amide bonds. The molecule has 16 heavy (non-hydrogen) atoms. The Kier molecular flexibility index (Phi) is 3.86. The third kappa shape index (κ3) is 2.89. The summed E-state index contributed by atoms with van der Waals surface area (Å²) in [6.07, 6.45) is -1.81. The summed E-state index contributed by atoms with van der Waals surface area (Å²) in [5.41, 5.74) is -1.91. The van der Waals surface area contributed by atoms with Gasteiger partial charge in [-0.25, -0.2) is 0 Å². The lowest BCUT2D eigenvalue weighted by molar-refractivity contribution is -0.171. The topological polar surface area (TPSA) is 29.1 Å². The zero-order valence-electron chi connectivity index (χ0n) is 9.66.